The summed E-state index contributed by atoms with van der Waals surface area (Å²) in [6, 6.07) is 2.40. The van der Waals surface area contributed by atoms with Crippen molar-refractivity contribution >= 4 is 34.5 Å². The van der Waals surface area contributed by atoms with E-state index in [1.165, 1.54) is 0 Å². The summed E-state index contributed by atoms with van der Waals surface area (Å²) in [6.45, 7) is 1.76. The molecule has 1 unspecified atom stereocenters. The van der Waals surface area contributed by atoms with Crippen LogP contribution in [0.5, 0.6) is 0 Å². The van der Waals surface area contributed by atoms with Crippen molar-refractivity contribution in [3.8, 4) is 0 Å². The van der Waals surface area contributed by atoms with Gasteiger partial charge in [0.1, 0.15) is 23.3 Å². The molecular weight excluding hydrogens is 380 g/mol. The zero-order valence-electron chi connectivity index (χ0n) is 18.2. The summed E-state index contributed by atoms with van der Waals surface area (Å²) in [5.41, 5.74) is 8.11. The van der Waals surface area contributed by atoms with Crippen molar-refractivity contribution in [1.82, 2.24) is 19.5 Å². The van der Waals surface area contributed by atoms with Crippen molar-refractivity contribution in [3.05, 3.63) is 30.2 Å². The van der Waals surface area contributed by atoms with Gasteiger partial charge in [-0.3, -0.25) is 5.41 Å². The minimum absolute atomic E-state index is 0.182. The number of nitrogens with zero attached hydrogens (tertiary/aromatic N) is 8. The molecule has 1 saturated heterocycles. The fraction of sp³-hybridized carbons (Fsp3) is 0.450. The van der Waals surface area contributed by atoms with Gasteiger partial charge in [0.15, 0.2) is 17.3 Å². The van der Waals surface area contributed by atoms with E-state index in [1.54, 1.807) is 23.0 Å². The maximum absolute atomic E-state index is 8.33. The van der Waals surface area contributed by atoms with Crippen LogP contribution in [0.2, 0.25) is 0 Å². The predicted octanol–water partition coefficient (Wildman–Crippen LogP) is 0.880. The highest BCUT2D eigenvalue weighted by atomic mass is 15.4. The molecule has 2 aliphatic heterocycles. The first kappa shape index (κ1) is 20.0. The van der Waals surface area contributed by atoms with Gasteiger partial charge >= 0.3 is 0 Å². The maximum Gasteiger partial charge on any atom is 0.183 e. The summed E-state index contributed by atoms with van der Waals surface area (Å²) < 4.78 is 2.62. The first-order valence-corrected chi connectivity index (χ1v) is 9.95. The molecule has 0 bridgehead atoms. The number of likely N-dealkylation sites (N-methyl/N-ethyl adjacent to an activating group) is 1. The molecule has 0 radical (unpaired) electrons. The van der Waals surface area contributed by atoms with Crippen LogP contribution < -0.4 is 10.6 Å². The standard InChI is InChI=1S/C20H29N10/c1-27(2)17-6-8-23-20-16(11-24-29(17)20)25-18-14(21)10-15(22)19(26-18)28-9-7-13(12-28)30(3,4)5/h6,8,10-11,13,21H,7,9,12,22H2,1-5H3/q+1. The van der Waals surface area contributed by atoms with Crippen LogP contribution in [0.25, 0.3) is 5.65 Å². The monoisotopic (exact) mass is 409 g/mol. The molecular formula is C20H29N10+. The molecule has 158 valence electrons. The van der Waals surface area contributed by atoms with Gasteiger partial charge in [0.2, 0.25) is 0 Å². The molecule has 10 nitrogen and oxygen atoms in total. The number of likely N-dealkylation sites (tertiary alicyclic amines) is 1. The highest BCUT2D eigenvalue weighted by Crippen LogP contribution is 2.24. The second kappa shape index (κ2) is 7.21. The van der Waals surface area contributed by atoms with Gasteiger partial charge in [-0.15, -0.1) is 0 Å². The summed E-state index contributed by atoms with van der Waals surface area (Å²) in [7, 11) is 10.5. The van der Waals surface area contributed by atoms with Gasteiger partial charge in [0, 0.05) is 33.3 Å². The molecule has 30 heavy (non-hydrogen) atoms. The number of amidine groups is 2. The van der Waals surface area contributed by atoms with Crippen LogP contribution in [0.4, 0.5) is 11.5 Å². The molecule has 0 spiro atoms. The van der Waals surface area contributed by atoms with Gasteiger partial charge in [-0.1, -0.05) is 0 Å². The number of fused-ring (bicyclic) bond motifs is 1. The second-order valence-corrected chi connectivity index (χ2v) is 8.85. The quantitative estimate of drug-likeness (QED) is 0.731. The average molecular weight is 410 g/mol. The average Bonchev–Trinajstić information content (AvgIpc) is 3.31. The summed E-state index contributed by atoms with van der Waals surface area (Å²) in [5.74, 6) is 1.90. The lowest BCUT2D eigenvalue weighted by Crippen LogP contribution is -2.47. The number of quaternary nitrogens is 1. The summed E-state index contributed by atoms with van der Waals surface area (Å²) >= 11 is 0. The number of aliphatic imine (C=N–C) groups is 2. The van der Waals surface area contributed by atoms with E-state index in [4.69, 9.17) is 11.1 Å². The minimum atomic E-state index is 0.182. The molecule has 10 heteroatoms. The number of anilines is 1. The Morgan fingerprint density at radius 2 is 2.07 bits per heavy atom. The van der Waals surface area contributed by atoms with Crippen molar-refractivity contribution in [2.75, 3.05) is 53.2 Å². The van der Waals surface area contributed by atoms with E-state index in [9.17, 15) is 0 Å². The molecule has 1 fully saturated rings. The molecule has 0 saturated carbocycles. The number of hydrogen-bond acceptors (Lipinski definition) is 7. The molecule has 1 atom stereocenters. The molecule has 2 aliphatic rings. The Balaban J connectivity index is 1.69. The smallest absolute Gasteiger partial charge is 0.183 e. The summed E-state index contributed by atoms with van der Waals surface area (Å²) in [6.07, 6.45) is 6.08. The number of dihydropyridines is 1. The van der Waals surface area contributed by atoms with Crippen LogP contribution >= 0.6 is 0 Å². The highest BCUT2D eigenvalue weighted by Gasteiger charge is 2.35. The third kappa shape index (κ3) is 3.54. The summed E-state index contributed by atoms with van der Waals surface area (Å²) in [5, 5.41) is 12.7. The first-order valence-electron chi connectivity index (χ1n) is 9.95. The van der Waals surface area contributed by atoms with E-state index >= 15 is 0 Å². The molecule has 0 aliphatic carbocycles. The van der Waals surface area contributed by atoms with Crippen molar-refractivity contribution < 1.29 is 4.48 Å². The van der Waals surface area contributed by atoms with Crippen LogP contribution in [0, 0.1) is 5.41 Å². The lowest BCUT2D eigenvalue weighted by Gasteiger charge is -2.32. The van der Waals surface area contributed by atoms with E-state index in [0.717, 1.165) is 29.8 Å². The lowest BCUT2D eigenvalue weighted by atomic mass is 10.2. The number of nitrogens with two attached hydrogens (primary N) is 1. The molecule has 0 aromatic carbocycles. The van der Waals surface area contributed by atoms with Gasteiger partial charge in [0.05, 0.1) is 39.6 Å². The van der Waals surface area contributed by atoms with Gasteiger partial charge in [-0.2, -0.15) is 9.61 Å². The zero-order chi connectivity index (χ0) is 21.6. The maximum atomic E-state index is 8.33. The first-order chi connectivity index (χ1) is 14.1. The number of aromatic nitrogens is 3. The SMILES string of the molecule is CN(C)c1ccnc2c(N=C3N=C(N4CCC([N+](C)(C)C)C4)C(N)=CC3=N)cnn12. The van der Waals surface area contributed by atoms with Crippen LogP contribution in [0.3, 0.4) is 0 Å². The van der Waals surface area contributed by atoms with Gasteiger partial charge in [0.25, 0.3) is 0 Å². The zero-order valence-corrected chi connectivity index (χ0v) is 18.2. The fourth-order valence-corrected chi connectivity index (χ4v) is 3.81. The second-order valence-electron chi connectivity index (χ2n) is 8.85. The molecule has 0 amide bonds. The van der Waals surface area contributed by atoms with Crippen LogP contribution in [-0.4, -0.2) is 95.7 Å². The Bertz CT molecular complexity index is 1080. The fourth-order valence-electron chi connectivity index (χ4n) is 3.81. The third-order valence-electron chi connectivity index (χ3n) is 5.62. The molecule has 3 N–H and O–H groups in total. The lowest BCUT2D eigenvalue weighted by molar-refractivity contribution is -0.893. The van der Waals surface area contributed by atoms with Crippen LogP contribution in [0.1, 0.15) is 6.42 Å². The molecule has 2 aromatic rings. The topological polar surface area (TPSA) is 111 Å². The number of nitrogens with one attached hydrogen (secondary N) is 1. The molecule has 4 rings (SSSR count). The highest BCUT2D eigenvalue weighted by molar-refractivity contribution is 6.49. The van der Waals surface area contributed by atoms with Crippen molar-refractivity contribution in [3.63, 3.8) is 0 Å². The van der Waals surface area contributed by atoms with E-state index in [-0.39, 0.29) is 5.71 Å². The Morgan fingerprint density at radius 1 is 1.30 bits per heavy atom. The predicted molar refractivity (Wildman–Crippen MR) is 120 cm³/mol. The minimum Gasteiger partial charge on any atom is -0.396 e. The Kier molecular flexibility index (Phi) is 4.81. The number of rotatable bonds is 3. The van der Waals surface area contributed by atoms with E-state index in [0.29, 0.717) is 34.7 Å². The number of hydrogen-bond donors (Lipinski definition) is 2. The third-order valence-corrected chi connectivity index (χ3v) is 5.62. The Morgan fingerprint density at radius 3 is 2.73 bits per heavy atom. The largest absolute Gasteiger partial charge is 0.396 e. The Hall–Kier alpha value is -3.27. The summed E-state index contributed by atoms with van der Waals surface area (Å²) in [4.78, 5) is 17.9. The molecule has 4 heterocycles. The van der Waals surface area contributed by atoms with Gasteiger partial charge in [-0.05, 0) is 12.1 Å². The van der Waals surface area contributed by atoms with E-state index < -0.39 is 0 Å². The van der Waals surface area contributed by atoms with Gasteiger partial charge < -0.3 is 20.0 Å². The van der Waals surface area contributed by atoms with Crippen molar-refractivity contribution in [2.45, 2.75) is 12.5 Å². The van der Waals surface area contributed by atoms with Crippen LogP contribution in [0.15, 0.2) is 40.2 Å². The normalized spacial score (nSPS) is 21.4. The van der Waals surface area contributed by atoms with Crippen LogP contribution in [-0.2, 0) is 0 Å². The Labute approximate surface area is 176 Å². The van der Waals surface area contributed by atoms with Gasteiger partial charge in [-0.25, -0.2) is 15.0 Å². The molecule has 2 aromatic heterocycles. The van der Waals surface area contributed by atoms with E-state index in [2.05, 4.69) is 46.1 Å². The van der Waals surface area contributed by atoms with E-state index in [1.807, 2.05) is 25.1 Å². The van der Waals surface area contributed by atoms with Crippen molar-refractivity contribution in [1.29, 1.82) is 5.41 Å². The van der Waals surface area contributed by atoms with Crippen molar-refractivity contribution in [2.24, 2.45) is 15.7 Å².